The summed E-state index contributed by atoms with van der Waals surface area (Å²) in [6, 6.07) is 21.9. The van der Waals surface area contributed by atoms with Gasteiger partial charge in [-0.15, -0.1) is 5.10 Å². The zero-order valence-electron chi connectivity index (χ0n) is 38.8. The average Bonchev–Trinajstić information content (AvgIpc) is 4.14. The van der Waals surface area contributed by atoms with Crippen molar-refractivity contribution in [2.75, 3.05) is 76.9 Å². The maximum absolute atomic E-state index is 15.1. The second kappa shape index (κ2) is 19.8. The fourth-order valence-corrected chi connectivity index (χ4v) is 10.4. The summed E-state index contributed by atoms with van der Waals surface area (Å²) >= 11 is 0. The number of carbonyl (C=O) groups is 3. The number of anilines is 1. The number of likely N-dealkylation sites (tertiary alicyclic amines) is 2. The molecule has 1 aliphatic carbocycles. The lowest BCUT2D eigenvalue weighted by atomic mass is 9.89. The Morgan fingerprint density at radius 3 is 2.28 bits per heavy atom. The van der Waals surface area contributed by atoms with Gasteiger partial charge < -0.3 is 29.1 Å². The van der Waals surface area contributed by atoms with Crippen LogP contribution in [-0.4, -0.2) is 142 Å². The molecule has 3 amide bonds. The first-order chi connectivity index (χ1) is 33.0. The summed E-state index contributed by atoms with van der Waals surface area (Å²) in [5, 5.41) is 16.7. The molecule has 1 N–H and O–H groups in total. The number of hydrogen-bond acceptors (Lipinski definition) is 11. The minimum Gasteiger partial charge on any atom is -0.456 e. The third-order valence-corrected chi connectivity index (χ3v) is 14.8. The quantitative estimate of drug-likeness (QED) is 0.153. The lowest BCUT2D eigenvalue weighted by Gasteiger charge is -2.38. The molecule has 5 aliphatic rings. The largest absolute Gasteiger partial charge is 0.456 e. The topological polar surface area (TPSA) is 157 Å². The summed E-state index contributed by atoms with van der Waals surface area (Å²) in [6.45, 7) is 8.58. The summed E-state index contributed by atoms with van der Waals surface area (Å²) in [7, 11) is 0. The van der Waals surface area contributed by atoms with E-state index in [4.69, 9.17) is 9.47 Å². The summed E-state index contributed by atoms with van der Waals surface area (Å²) in [5.74, 6) is 1.80. The van der Waals surface area contributed by atoms with Gasteiger partial charge in [-0.2, -0.15) is 10.2 Å². The Morgan fingerprint density at radius 2 is 1.51 bits per heavy atom. The number of amides is 3. The molecule has 1 saturated carbocycles. The summed E-state index contributed by atoms with van der Waals surface area (Å²) in [4.78, 5) is 62.2. The van der Waals surface area contributed by atoms with Crippen LogP contribution in [0.4, 0.5) is 10.2 Å². The highest BCUT2D eigenvalue weighted by Gasteiger charge is 2.47. The zero-order chi connectivity index (χ0) is 46.8. The minimum absolute atomic E-state index is 0.0178. The van der Waals surface area contributed by atoms with Gasteiger partial charge in [0.25, 0.3) is 11.5 Å². The monoisotopic (exact) mass is 925 g/mol. The first-order valence-electron chi connectivity index (χ1n) is 24.4. The molecule has 5 fully saturated rings. The van der Waals surface area contributed by atoms with Crippen molar-refractivity contribution in [2.24, 2.45) is 5.41 Å². The fourth-order valence-electron chi connectivity index (χ4n) is 10.4. The Kier molecular flexibility index (Phi) is 13.2. The lowest BCUT2D eigenvalue weighted by molar-refractivity contribution is -0.137. The van der Waals surface area contributed by atoms with Crippen molar-refractivity contribution in [2.45, 2.75) is 82.8 Å². The third kappa shape index (κ3) is 10.3. The van der Waals surface area contributed by atoms with Crippen molar-refractivity contribution < 1.29 is 28.2 Å². The molecule has 0 bridgehead atoms. The number of nitrogens with one attached hydrogen (secondary N) is 1. The van der Waals surface area contributed by atoms with E-state index >= 15 is 4.39 Å². The third-order valence-electron chi connectivity index (χ3n) is 14.8. The predicted octanol–water partition coefficient (Wildman–Crippen LogP) is 6.18. The van der Waals surface area contributed by atoms with Gasteiger partial charge in [0.05, 0.1) is 41.6 Å². The Hall–Kier alpha value is -6.26. The van der Waals surface area contributed by atoms with Crippen molar-refractivity contribution in [1.82, 2.24) is 40.0 Å². The lowest BCUT2D eigenvalue weighted by Crippen LogP contribution is -2.53. The molecular formula is C52H60FN9O6. The van der Waals surface area contributed by atoms with Crippen LogP contribution in [0.15, 0.2) is 83.8 Å². The maximum atomic E-state index is 15.1. The molecule has 4 aliphatic heterocycles. The fraction of sp³-hybridized carbons (Fsp3) is 0.481. The van der Waals surface area contributed by atoms with Gasteiger partial charge in [0.15, 0.2) is 11.6 Å². The van der Waals surface area contributed by atoms with Crippen molar-refractivity contribution in [3.8, 4) is 11.5 Å². The van der Waals surface area contributed by atoms with Crippen LogP contribution < -0.4 is 15.2 Å². The van der Waals surface area contributed by atoms with Crippen LogP contribution >= 0.6 is 0 Å². The number of aromatic amines is 1. The number of piperazine rings is 1. The number of carbonyl (C=O) groups excluding carboxylic acids is 3. The van der Waals surface area contributed by atoms with E-state index in [2.05, 4.69) is 54.2 Å². The number of hydrogen-bond donors (Lipinski definition) is 1. The van der Waals surface area contributed by atoms with E-state index in [1.54, 1.807) is 40.3 Å². The molecule has 3 aromatic carbocycles. The van der Waals surface area contributed by atoms with Crippen LogP contribution in [0, 0.1) is 11.2 Å². The number of halogens is 1. The van der Waals surface area contributed by atoms with E-state index < -0.39 is 11.7 Å². The molecule has 0 radical (unpaired) electrons. The summed E-state index contributed by atoms with van der Waals surface area (Å²) < 4.78 is 28.0. The molecule has 2 aromatic heterocycles. The molecular weight excluding hydrogens is 866 g/mol. The highest BCUT2D eigenvalue weighted by Crippen LogP contribution is 2.47. The van der Waals surface area contributed by atoms with Gasteiger partial charge in [-0.3, -0.25) is 24.1 Å². The van der Waals surface area contributed by atoms with Crippen LogP contribution in [0.25, 0.3) is 10.8 Å². The van der Waals surface area contributed by atoms with Crippen LogP contribution in [-0.2, 0) is 20.7 Å². The van der Waals surface area contributed by atoms with Gasteiger partial charge >= 0.3 is 0 Å². The predicted molar refractivity (Wildman–Crippen MR) is 254 cm³/mol. The van der Waals surface area contributed by atoms with E-state index in [9.17, 15) is 19.2 Å². The van der Waals surface area contributed by atoms with Crippen LogP contribution in [0.3, 0.4) is 0 Å². The summed E-state index contributed by atoms with van der Waals surface area (Å²) in [5.41, 5.74) is 2.08. The average molecular weight is 926 g/mol. The minimum atomic E-state index is -0.601. The number of rotatable bonds is 12. The SMILES string of the molecule is CC1(C(=O)N2CCCC(c3cccc(Oc4cnnc(N5CCC(OC6CCN(CC(=O)N7CCN(C(=O)c8cc(Cc9n[nH]c(=O)c%10ccccc9%10)ccc8F)CC7)CC6)CC5)c4)c3)C2)CC1. The standard InChI is InChI=1S/C52H60FN9O6/c1-52(17-18-52)51(66)62-19-5-7-37(33-62)36-6-4-8-40(30-36)68-41-31-47(56-54-32-41)59-22-15-39(16-23-59)67-38-13-20-58(21-14-38)34-48(63)60-24-26-61(27-25-60)50(65)44-28-35(11-12-45(44)53)29-46-42-9-2-3-10-43(42)49(64)57-55-46/h2-4,6,8-12,28,30-32,37-39H,5,7,13-27,29,33-34H2,1H3,(H,57,64). The van der Waals surface area contributed by atoms with Crippen LogP contribution in [0.2, 0.25) is 0 Å². The van der Waals surface area contributed by atoms with Gasteiger partial charge in [-0.05, 0) is 92.8 Å². The molecule has 68 heavy (non-hydrogen) atoms. The molecule has 356 valence electrons. The molecule has 6 heterocycles. The van der Waals surface area contributed by atoms with Crippen molar-refractivity contribution in [3.05, 3.63) is 118 Å². The molecule has 0 spiro atoms. The van der Waals surface area contributed by atoms with Gasteiger partial charge in [0.1, 0.15) is 11.6 Å². The van der Waals surface area contributed by atoms with Crippen LogP contribution in [0.1, 0.15) is 91.4 Å². The number of nitrogens with zero attached hydrogens (tertiary/aromatic N) is 8. The maximum Gasteiger partial charge on any atom is 0.272 e. The highest BCUT2D eigenvalue weighted by atomic mass is 19.1. The van der Waals surface area contributed by atoms with E-state index in [-0.39, 0.29) is 34.7 Å². The molecule has 1 unspecified atom stereocenters. The number of fused-ring (bicyclic) bond motifs is 1. The van der Waals surface area contributed by atoms with E-state index in [1.807, 2.05) is 30.3 Å². The molecule has 15 nitrogen and oxygen atoms in total. The van der Waals surface area contributed by atoms with E-state index in [1.165, 1.54) is 11.6 Å². The smallest absolute Gasteiger partial charge is 0.272 e. The van der Waals surface area contributed by atoms with Crippen molar-refractivity contribution in [3.63, 3.8) is 0 Å². The Bertz CT molecular complexity index is 2710. The van der Waals surface area contributed by atoms with E-state index in [0.717, 1.165) is 102 Å². The Labute approximate surface area is 395 Å². The first-order valence-corrected chi connectivity index (χ1v) is 24.4. The normalized spacial score (nSPS) is 20.4. The Morgan fingerprint density at radius 1 is 0.779 bits per heavy atom. The molecule has 1 atom stereocenters. The van der Waals surface area contributed by atoms with Crippen molar-refractivity contribution in [1.29, 1.82) is 0 Å². The Balaban J connectivity index is 0.641. The summed E-state index contributed by atoms with van der Waals surface area (Å²) in [6.07, 6.45) is 9.80. The van der Waals surface area contributed by atoms with Gasteiger partial charge in [0.2, 0.25) is 11.8 Å². The van der Waals surface area contributed by atoms with Gasteiger partial charge in [-0.25, -0.2) is 9.49 Å². The number of benzene rings is 3. The van der Waals surface area contributed by atoms with Gasteiger partial charge in [-0.1, -0.05) is 43.3 Å². The second-order valence-electron chi connectivity index (χ2n) is 19.6. The van der Waals surface area contributed by atoms with Gasteiger partial charge in [0, 0.05) is 94.7 Å². The number of H-pyrrole nitrogens is 1. The first kappa shape index (κ1) is 45.5. The zero-order valence-corrected chi connectivity index (χ0v) is 38.8. The van der Waals surface area contributed by atoms with E-state index in [0.29, 0.717) is 78.7 Å². The van der Waals surface area contributed by atoms with Crippen LogP contribution in [0.5, 0.6) is 11.5 Å². The molecule has 5 aromatic rings. The molecule has 10 rings (SSSR count). The molecule has 16 heteroatoms. The van der Waals surface area contributed by atoms with Crippen molar-refractivity contribution >= 4 is 34.3 Å². The number of piperidine rings is 3. The highest BCUT2D eigenvalue weighted by molar-refractivity contribution is 5.95. The number of ether oxygens (including phenoxy) is 2. The second-order valence-corrected chi connectivity index (χ2v) is 19.6. The number of aromatic nitrogens is 4. The molecule has 4 saturated heterocycles.